The topological polar surface area (TPSA) is 61.8 Å². The third-order valence-corrected chi connectivity index (χ3v) is 3.04. The average Bonchev–Trinajstić information content (AvgIpc) is 2.95. The number of nitrogens with one attached hydrogen (secondary N) is 1. The number of hydrazone groups is 1. The molecule has 1 aromatic carbocycles. The lowest BCUT2D eigenvalue weighted by Gasteiger charge is -2.10. The van der Waals surface area contributed by atoms with Gasteiger partial charge in [0.1, 0.15) is 0 Å². The number of hydrogen-bond donors (Lipinski definition) is 1. The standard InChI is InChI=1S/C14H17N3O2/c1-15-13(18)7-8-14(19)17-10-9-12(16-17)11-5-3-2-4-6-11/h2-6H,7-10H2,1H3,(H,15,18). The summed E-state index contributed by atoms with van der Waals surface area (Å²) in [6, 6.07) is 9.82. The van der Waals surface area contributed by atoms with Gasteiger partial charge < -0.3 is 5.32 Å². The summed E-state index contributed by atoms with van der Waals surface area (Å²) in [5.41, 5.74) is 1.97. The minimum atomic E-state index is -0.125. The molecule has 0 atom stereocenters. The highest BCUT2D eigenvalue weighted by atomic mass is 16.2. The van der Waals surface area contributed by atoms with Crippen LogP contribution in [-0.4, -0.2) is 36.1 Å². The Bertz CT molecular complexity index is 497. The van der Waals surface area contributed by atoms with Gasteiger partial charge in [0.2, 0.25) is 11.8 Å². The van der Waals surface area contributed by atoms with Gasteiger partial charge in [-0.05, 0) is 5.56 Å². The van der Waals surface area contributed by atoms with E-state index in [2.05, 4.69) is 10.4 Å². The molecule has 1 N–H and O–H groups in total. The summed E-state index contributed by atoms with van der Waals surface area (Å²) in [6.45, 7) is 0.594. The van der Waals surface area contributed by atoms with Crippen LogP contribution in [0.2, 0.25) is 0 Å². The number of carbonyl (C=O) groups is 2. The van der Waals surface area contributed by atoms with Crippen LogP contribution < -0.4 is 5.32 Å². The number of benzene rings is 1. The molecule has 0 saturated heterocycles. The lowest BCUT2D eigenvalue weighted by molar-refractivity contribution is -0.133. The van der Waals surface area contributed by atoms with Crippen molar-refractivity contribution < 1.29 is 9.59 Å². The van der Waals surface area contributed by atoms with Crippen molar-refractivity contribution in [3.05, 3.63) is 35.9 Å². The normalized spacial score (nSPS) is 14.2. The van der Waals surface area contributed by atoms with Crippen LogP contribution in [-0.2, 0) is 9.59 Å². The third kappa shape index (κ3) is 3.40. The van der Waals surface area contributed by atoms with Crippen molar-refractivity contribution >= 4 is 17.5 Å². The summed E-state index contributed by atoms with van der Waals surface area (Å²) < 4.78 is 0. The molecule has 0 aromatic heterocycles. The smallest absolute Gasteiger partial charge is 0.243 e. The Balaban J connectivity index is 1.95. The quantitative estimate of drug-likeness (QED) is 0.881. The van der Waals surface area contributed by atoms with Crippen molar-refractivity contribution in [2.24, 2.45) is 5.10 Å². The first-order valence-corrected chi connectivity index (χ1v) is 6.34. The second-order valence-corrected chi connectivity index (χ2v) is 4.35. The van der Waals surface area contributed by atoms with Gasteiger partial charge in [0.05, 0.1) is 12.3 Å². The molecule has 5 heteroatoms. The van der Waals surface area contributed by atoms with E-state index in [1.165, 1.54) is 5.01 Å². The molecule has 1 aliphatic heterocycles. The molecule has 1 aliphatic rings. The molecule has 0 unspecified atom stereocenters. The Morgan fingerprint density at radius 2 is 2.00 bits per heavy atom. The van der Waals surface area contributed by atoms with Gasteiger partial charge in [0, 0.05) is 26.3 Å². The molecule has 0 aliphatic carbocycles. The molecular weight excluding hydrogens is 242 g/mol. The van der Waals surface area contributed by atoms with Gasteiger partial charge in [0.25, 0.3) is 0 Å². The lowest BCUT2D eigenvalue weighted by Crippen LogP contribution is -2.26. The van der Waals surface area contributed by atoms with Crippen LogP contribution in [0.25, 0.3) is 0 Å². The van der Waals surface area contributed by atoms with Crippen molar-refractivity contribution in [1.29, 1.82) is 0 Å². The molecule has 0 radical (unpaired) electrons. The van der Waals surface area contributed by atoms with Crippen molar-refractivity contribution in [2.45, 2.75) is 19.3 Å². The maximum atomic E-state index is 11.9. The Kier molecular flexibility index (Phi) is 4.28. The molecule has 0 saturated carbocycles. The molecule has 0 fully saturated rings. The van der Waals surface area contributed by atoms with Crippen molar-refractivity contribution in [2.75, 3.05) is 13.6 Å². The molecule has 19 heavy (non-hydrogen) atoms. The van der Waals surface area contributed by atoms with Crippen LogP contribution in [0, 0.1) is 0 Å². The Hall–Kier alpha value is -2.17. The van der Waals surface area contributed by atoms with E-state index in [1.807, 2.05) is 30.3 Å². The highest BCUT2D eigenvalue weighted by molar-refractivity contribution is 6.02. The highest BCUT2D eigenvalue weighted by Gasteiger charge is 2.21. The molecule has 1 heterocycles. The highest BCUT2D eigenvalue weighted by Crippen LogP contribution is 2.14. The van der Waals surface area contributed by atoms with Crippen molar-refractivity contribution in [1.82, 2.24) is 10.3 Å². The van der Waals surface area contributed by atoms with Gasteiger partial charge in [-0.3, -0.25) is 9.59 Å². The fourth-order valence-corrected chi connectivity index (χ4v) is 1.95. The minimum Gasteiger partial charge on any atom is -0.359 e. The van der Waals surface area contributed by atoms with Gasteiger partial charge in [-0.2, -0.15) is 5.10 Å². The summed E-state index contributed by atoms with van der Waals surface area (Å²) in [5, 5.41) is 8.29. The summed E-state index contributed by atoms with van der Waals surface area (Å²) in [6.07, 6.45) is 1.17. The van der Waals surface area contributed by atoms with E-state index in [4.69, 9.17) is 0 Å². The number of rotatable bonds is 4. The van der Waals surface area contributed by atoms with Crippen LogP contribution in [0.1, 0.15) is 24.8 Å². The summed E-state index contributed by atoms with van der Waals surface area (Å²) in [4.78, 5) is 23.0. The zero-order chi connectivity index (χ0) is 13.7. The maximum absolute atomic E-state index is 11.9. The van der Waals surface area contributed by atoms with Gasteiger partial charge in [-0.15, -0.1) is 0 Å². The first-order valence-electron chi connectivity index (χ1n) is 6.34. The van der Waals surface area contributed by atoms with E-state index in [0.29, 0.717) is 6.54 Å². The third-order valence-electron chi connectivity index (χ3n) is 3.04. The Morgan fingerprint density at radius 3 is 2.68 bits per heavy atom. The monoisotopic (exact) mass is 259 g/mol. The zero-order valence-electron chi connectivity index (χ0n) is 10.9. The largest absolute Gasteiger partial charge is 0.359 e. The predicted octanol–water partition coefficient (Wildman–Crippen LogP) is 1.15. The summed E-state index contributed by atoms with van der Waals surface area (Å²) >= 11 is 0. The van der Waals surface area contributed by atoms with Crippen LogP contribution in [0.15, 0.2) is 35.4 Å². The first kappa shape index (κ1) is 13.3. The Labute approximate surface area is 112 Å². The predicted molar refractivity (Wildman–Crippen MR) is 72.6 cm³/mol. The number of hydrogen-bond acceptors (Lipinski definition) is 3. The second kappa shape index (κ2) is 6.13. The van der Waals surface area contributed by atoms with Crippen molar-refractivity contribution in [3.63, 3.8) is 0 Å². The van der Waals surface area contributed by atoms with E-state index in [0.717, 1.165) is 17.7 Å². The lowest BCUT2D eigenvalue weighted by atomic mass is 10.1. The molecular formula is C14H17N3O2. The molecule has 1 aromatic rings. The molecule has 2 amide bonds. The van der Waals surface area contributed by atoms with E-state index in [9.17, 15) is 9.59 Å². The maximum Gasteiger partial charge on any atom is 0.243 e. The summed E-state index contributed by atoms with van der Waals surface area (Å²) in [7, 11) is 1.56. The van der Waals surface area contributed by atoms with Gasteiger partial charge in [0.15, 0.2) is 0 Å². The van der Waals surface area contributed by atoms with E-state index in [1.54, 1.807) is 7.05 Å². The number of carbonyl (C=O) groups excluding carboxylic acids is 2. The zero-order valence-corrected chi connectivity index (χ0v) is 10.9. The molecule has 0 spiro atoms. The van der Waals surface area contributed by atoms with Gasteiger partial charge in [-0.25, -0.2) is 5.01 Å². The van der Waals surface area contributed by atoms with Gasteiger partial charge >= 0.3 is 0 Å². The summed E-state index contributed by atoms with van der Waals surface area (Å²) in [5.74, 6) is -0.227. The molecule has 100 valence electrons. The first-order chi connectivity index (χ1) is 9.20. The van der Waals surface area contributed by atoms with E-state index >= 15 is 0 Å². The molecule has 2 rings (SSSR count). The van der Waals surface area contributed by atoms with Gasteiger partial charge in [-0.1, -0.05) is 30.3 Å². The minimum absolute atomic E-state index is 0.102. The SMILES string of the molecule is CNC(=O)CCC(=O)N1CCC(c2ccccc2)=N1. The fourth-order valence-electron chi connectivity index (χ4n) is 1.95. The number of nitrogens with zero attached hydrogens (tertiary/aromatic N) is 2. The molecule has 5 nitrogen and oxygen atoms in total. The fraction of sp³-hybridized carbons (Fsp3) is 0.357. The average molecular weight is 259 g/mol. The van der Waals surface area contributed by atoms with E-state index < -0.39 is 0 Å². The van der Waals surface area contributed by atoms with Crippen LogP contribution >= 0.6 is 0 Å². The second-order valence-electron chi connectivity index (χ2n) is 4.35. The van der Waals surface area contributed by atoms with Crippen LogP contribution in [0.5, 0.6) is 0 Å². The van der Waals surface area contributed by atoms with Crippen molar-refractivity contribution in [3.8, 4) is 0 Å². The van der Waals surface area contributed by atoms with E-state index in [-0.39, 0.29) is 24.7 Å². The molecule has 0 bridgehead atoms. The number of amides is 2. The van der Waals surface area contributed by atoms with Crippen LogP contribution in [0.4, 0.5) is 0 Å². The van der Waals surface area contributed by atoms with Crippen LogP contribution in [0.3, 0.4) is 0 Å². The Morgan fingerprint density at radius 1 is 1.26 bits per heavy atom.